The molecular formula is C15H22N2O3. The Hall–Kier alpha value is -1.46. The van der Waals surface area contributed by atoms with E-state index >= 15 is 0 Å². The molecule has 1 aromatic carbocycles. The number of nitrogens with zero attached hydrogens (tertiary/aromatic N) is 1. The van der Waals surface area contributed by atoms with E-state index in [4.69, 9.17) is 0 Å². The molecule has 110 valence electrons. The lowest BCUT2D eigenvalue weighted by Gasteiger charge is -2.29. The highest BCUT2D eigenvalue weighted by molar-refractivity contribution is 5.33. The predicted molar refractivity (Wildman–Crippen MR) is 77.5 cm³/mol. The van der Waals surface area contributed by atoms with Crippen molar-refractivity contribution in [2.45, 2.75) is 45.3 Å². The molecular weight excluding hydrogens is 256 g/mol. The number of aliphatic hydroxyl groups is 1. The zero-order chi connectivity index (χ0) is 14.8. The van der Waals surface area contributed by atoms with Gasteiger partial charge in [-0.15, -0.1) is 0 Å². The van der Waals surface area contributed by atoms with Crippen LogP contribution in [0.1, 0.15) is 44.8 Å². The lowest BCUT2D eigenvalue weighted by atomic mass is 9.87. The molecule has 0 saturated heterocycles. The molecule has 0 aromatic heterocycles. The summed E-state index contributed by atoms with van der Waals surface area (Å²) in [6.45, 7) is 4.97. The highest BCUT2D eigenvalue weighted by Gasteiger charge is 2.34. The Morgan fingerprint density at radius 1 is 1.45 bits per heavy atom. The first kappa shape index (κ1) is 14.9. The number of nitro benzene ring substituents is 1. The quantitative estimate of drug-likeness (QED) is 0.641. The van der Waals surface area contributed by atoms with Gasteiger partial charge in [-0.2, -0.15) is 0 Å². The van der Waals surface area contributed by atoms with Gasteiger partial charge >= 0.3 is 0 Å². The maximum atomic E-state index is 10.6. The number of hydrogen-bond acceptors (Lipinski definition) is 4. The van der Waals surface area contributed by atoms with Crippen LogP contribution in [-0.2, 0) is 0 Å². The average Bonchev–Trinajstić information content (AvgIpc) is 2.75. The van der Waals surface area contributed by atoms with E-state index in [1.54, 1.807) is 12.1 Å². The summed E-state index contributed by atoms with van der Waals surface area (Å²) in [4.78, 5) is 10.1. The summed E-state index contributed by atoms with van der Waals surface area (Å²) < 4.78 is 0. The molecule has 1 fully saturated rings. The van der Waals surface area contributed by atoms with E-state index in [1.165, 1.54) is 25.0 Å². The molecule has 0 amide bonds. The molecule has 1 aliphatic carbocycles. The Morgan fingerprint density at radius 3 is 2.60 bits per heavy atom. The highest BCUT2D eigenvalue weighted by atomic mass is 16.6. The molecule has 1 aromatic rings. The zero-order valence-electron chi connectivity index (χ0n) is 12.0. The molecule has 2 rings (SSSR count). The summed E-state index contributed by atoms with van der Waals surface area (Å²) in [5.41, 5.74) is 1.03. The molecule has 0 aliphatic heterocycles. The van der Waals surface area contributed by atoms with Gasteiger partial charge in [-0.3, -0.25) is 10.1 Å². The van der Waals surface area contributed by atoms with Crippen molar-refractivity contribution >= 4 is 5.69 Å². The van der Waals surface area contributed by atoms with Gasteiger partial charge in [-0.1, -0.05) is 20.3 Å². The van der Waals surface area contributed by atoms with Crippen LogP contribution < -0.4 is 5.32 Å². The smallest absolute Gasteiger partial charge is 0.269 e. The van der Waals surface area contributed by atoms with Crippen LogP contribution in [0.3, 0.4) is 0 Å². The first-order valence-electron chi connectivity index (χ1n) is 7.06. The second-order valence-corrected chi connectivity index (χ2v) is 6.21. The number of nitro groups is 1. The minimum absolute atomic E-state index is 0.0471. The van der Waals surface area contributed by atoms with Gasteiger partial charge in [0.1, 0.15) is 0 Å². The monoisotopic (exact) mass is 278 g/mol. The van der Waals surface area contributed by atoms with Crippen LogP contribution >= 0.6 is 0 Å². The lowest BCUT2D eigenvalue weighted by Crippen LogP contribution is -2.39. The van der Waals surface area contributed by atoms with Gasteiger partial charge in [-0.05, 0) is 36.0 Å². The van der Waals surface area contributed by atoms with E-state index in [2.05, 4.69) is 19.2 Å². The van der Waals surface area contributed by atoms with Gasteiger partial charge in [0, 0.05) is 24.7 Å². The fraction of sp³-hybridized carbons (Fsp3) is 0.600. The maximum absolute atomic E-state index is 10.6. The third kappa shape index (κ3) is 3.35. The minimum atomic E-state index is -0.632. The Morgan fingerprint density at radius 2 is 2.10 bits per heavy atom. The van der Waals surface area contributed by atoms with Gasteiger partial charge in [-0.25, -0.2) is 0 Å². The van der Waals surface area contributed by atoms with Crippen molar-refractivity contribution in [3.05, 3.63) is 39.9 Å². The summed E-state index contributed by atoms with van der Waals surface area (Å²) in [7, 11) is 0. The van der Waals surface area contributed by atoms with Crippen molar-refractivity contribution in [2.75, 3.05) is 6.54 Å². The summed E-state index contributed by atoms with van der Waals surface area (Å²) in [5.74, 6) is 0. The number of hydrogen-bond donors (Lipinski definition) is 2. The first-order valence-corrected chi connectivity index (χ1v) is 7.06. The third-order valence-electron chi connectivity index (χ3n) is 4.30. The van der Waals surface area contributed by atoms with Crippen molar-refractivity contribution in [1.82, 2.24) is 5.32 Å². The lowest BCUT2D eigenvalue weighted by molar-refractivity contribution is -0.384. The Labute approximate surface area is 119 Å². The Kier molecular flexibility index (Phi) is 4.40. The van der Waals surface area contributed by atoms with E-state index in [-0.39, 0.29) is 11.1 Å². The number of aliphatic hydroxyl groups excluding tert-OH is 1. The summed E-state index contributed by atoms with van der Waals surface area (Å²) in [6.07, 6.45) is 2.93. The number of rotatable bonds is 5. The van der Waals surface area contributed by atoms with Gasteiger partial charge in [0.25, 0.3) is 5.69 Å². The van der Waals surface area contributed by atoms with E-state index in [0.29, 0.717) is 18.2 Å². The van der Waals surface area contributed by atoms with Crippen LogP contribution in [0.2, 0.25) is 0 Å². The van der Waals surface area contributed by atoms with Gasteiger partial charge < -0.3 is 10.4 Å². The first-order chi connectivity index (χ1) is 9.40. The molecule has 1 saturated carbocycles. The van der Waals surface area contributed by atoms with Crippen molar-refractivity contribution in [3.63, 3.8) is 0 Å². The van der Waals surface area contributed by atoms with Crippen LogP contribution in [-0.4, -0.2) is 22.6 Å². The molecule has 2 N–H and O–H groups in total. The maximum Gasteiger partial charge on any atom is 0.269 e. The summed E-state index contributed by atoms with van der Waals surface area (Å²) in [5, 5.41) is 24.2. The van der Waals surface area contributed by atoms with E-state index in [1.807, 2.05) is 0 Å². The second-order valence-electron chi connectivity index (χ2n) is 6.21. The predicted octanol–water partition coefficient (Wildman–Crippen LogP) is 2.80. The molecule has 5 nitrogen and oxygen atoms in total. The average molecular weight is 278 g/mol. The molecule has 0 spiro atoms. The van der Waals surface area contributed by atoms with Crippen molar-refractivity contribution in [2.24, 2.45) is 5.41 Å². The van der Waals surface area contributed by atoms with E-state index in [0.717, 1.165) is 6.42 Å². The van der Waals surface area contributed by atoms with E-state index < -0.39 is 11.0 Å². The molecule has 2 atom stereocenters. The third-order valence-corrected chi connectivity index (χ3v) is 4.30. The van der Waals surface area contributed by atoms with Crippen molar-refractivity contribution < 1.29 is 10.0 Å². The number of nitrogens with one attached hydrogen (secondary N) is 1. The SMILES string of the molecule is CC1(C)CCCC1NCC(O)c1ccc([N+](=O)[O-])cc1. The standard InChI is InChI=1S/C15H22N2O3/c1-15(2)9-3-4-14(15)16-10-13(18)11-5-7-12(8-6-11)17(19)20/h5-8,13-14,16,18H,3-4,9-10H2,1-2H3. The summed E-state index contributed by atoms with van der Waals surface area (Å²) in [6, 6.07) is 6.51. The molecule has 0 heterocycles. The van der Waals surface area contributed by atoms with Crippen LogP contribution in [0.25, 0.3) is 0 Å². The largest absolute Gasteiger partial charge is 0.387 e. The molecule has 20 heavy (non-hydrogen) atoms. The van der Waals surface area contributed by atoms with Crippen molar-refractivity contribution in [1.29, 1.82) is 0 Å². The van der Waals surface area contributed by atoms with Gasteiger partial charge in [0.05, 0.1) is 11.0 Å². The number of non-ortho nitro benzene ring substituents is 1. The molecule has 2 unspecified atom stereocenters. The van der Waals surface area contributed by atoms with E-state index in [9.17, 15) is 15.2 Å². The normalized spacial score (nSPS) is 22.6. The van der Waals surface area contributed by atoms with Gasteiger partial charge in [0.2, 0.25) is 0 Å². The number of benzene rings is 1. The fourth-order valence-corrected chi connectivity index (χ4v) is 2.90. The topological polar surface area (TPSA) is 75.4 Å². The van der Waals surface area contributed by atoms with Gasteiger partial charge in [0.15, 0.2) is 0 Å². The second kappa shape index (κ2) is 5.89. The fourth-order valence-electron chi connectivity index (χ4n) is 2.90. The van der Waals surface area contributed by atoms with Crippen LogP contribution in [0.15, 0.2) is 24.3 Å². The Balaban J connectivity index is 1.91. The molecule has 5 heteroatoms. The van der Waals surface area contributed by atoms with Crippen LogP contribution in [0.4, 0.5) is 5.69 Å². The van der Waals surface area contributed by atoms with Crippen LogP contribution in [0.5, 0.6) is 0 Å². The Bertz CT molecular complexity index is 471. The molecule has 1 aliphatic rings. The van der Waals surface area contributed by atoms with Crippen LogP contribution in [0, 0.1) is 15.5 Å². The van der Waals surface area contributed by atoms with Crippen molar-refractivity contribution in [3.8, 4) is 0 Å². The highest BCUT2D eigenvalue weighted by Crippen LogP contribution is 2.37. The summed E-state index contributed by atoms with van der Waals surface area (Å²) >= 11 is 0. The minimum Gasteiger partial charge on any atom is -0.387 e. The molecule has 0 radical (unpaired) electrons. The molecule has 0 bridgehead atoms. The zero-order valence-corrected chi connectivity index (χ0v) is 12.0.